The van der Waals surface area contributed by atoms with Crippen LogP contribution in [0, 0.1) is 11.8 Å². The van der Waals surface area contributed by atoms with Gasteiger partial charge in [0.25, 0.3) is 0 Å². The first-order valence-corrected chi connectivity index (χ1v) is 7.41. The van der Waals surface area contributed by atoms with E-state index in [0.29, 0.717) is 0 Å². The zero-order valence-corrected chi connectivity index (χ0v) is 13.7. The van der Waals surface area contributed by atoms with Gasteiger partial charge in [-0.1, -0.05) is 0 Å². The summed E-state index contributed by atoms with van der Waals surface area (Å²) in [7, 11) is 0. The third kappa shape index (κ3) is 5.41. The summed E-state index contributed by atoms with van der Waals surface area (Å²) in [5, 5.41) is 20.6. The smallest absolute Gasteiger partial charge is 0.0620 e. The zero-order chi connectivity index (χ0) is 15.1. The summed E-state index contributed by atoms with van der Waals surface area (Å²) in [6.45, 7) is 13.6. The van der Waals surface area contributed by atoms with Gasteiger partial charge in [0, 0.05) is 0 Å². The fraction of sp³-hybridized carbons (Fsp3) is 1.00. The molecule has 2 N–H and O–H groups in total. The topological polar surface area (TPSA) is 49.7 Å². The monoisotopic (exact) mass is 272 g/mol. The van der Waals surface area contributed by atoms with Crippen LogP contribution in [0.1, 0.15) is 67.7 Å². The Hall–Kier alpha value is -0.120. The van der Waals surface area contributed by atoms with Gasteiger partial charge in [-0.25, -0.2) is 0 Å². The Labute approximate surface area is 118 Å². The first-order valence-electron chi connectivity index (χ1n) is 7.41. The summed E-state index contributed by atoms with van der Waals surface area (Å²) in [5.41, 5.74) is -1.62. The van der Waals surface area contributed by atoms with Crippen LogP contribution in [0.15, 0.2) is 0 Å². The molecule has 0 aromatic heterocycles. The van der Waals surface area contributed by atoms with Crippen molar-refractivity contribution in [2.45, 2.75) is 90.6 Å². The van der Waals surface area contributed by atoms with E-state index in [2.05, 4.69) is 20.8 Å². The molecule has 0 aromatic rings. The van der Waals surface area contributed by atoms with E-state index >= 15 is 0 Å². The maximum atomic E-state index is 10.3. The van der Waals surface area contributed by atoms with Crippen molar-refractivity contribution in [1.29, 1.82) is 0 Å². The van der Waals surface area contributed by atoms with E-state index in [9.17, 15) is 10.2 Å². The van der Waals surface area contributed by atoms with Crippen LogP contribution in [-0.2, 0) is 4.74 Å². The molecule has 3 heteroatoms. The third-order valence-electron chi connectivity index (χ3n) is 4.18. The minimum atomic E-state index is -0.719. The highest BCUT2D eigenvalue weighted by molar-refractivity contribution is 4.93. The van der Waals surface area contributed by atoms with Crippen LogP contribution in [0.4, 0.5) is 0 Å². The number of hydrogen-bond donors (Lipinski definition) is 2. The van der Waals surface area contributed by atoms with Crippen molar-refractivity contribution in [3.63, 3.8) is 0 Å². The van der Waals surface area contributed by atoms with Crippen LogP contribution in [0.25, 0.3) is 0 Å². The summed E-state index contributed by atoms with van der Waals surface area (Å²) in [5.74, 6) is 0.343. The van der Waals surface area contributed by atoms with Gasteiger partial charge >= 0.3 is 0 Å². The Morgan fingerprint density at radius 2 is 1.11 bits per heavy atom. The van der Waals surface area contributed by atoms with Crippen LogP contribution in [-0.4, -0.2) is 33.1 Å². The van der Waals surface area contributed by atoms with Gasteiger partial charge < -0.3 is 14.9 Å². The highest BCUT2D eigenvalue weighted by atomic mass is 16.5. The van der Waals surface area contributed by atoms with Gasteiger partial charge in [-0.2, -0.15) is 0 Å². The average Bonchev–Trinajstić information content (AvgIpc) is 2.11. The van der Waals surface area contributed by atoms with E-state index < -0.39 is 11.2 Å². The van der Waals surface area contributed by atoms with Crippen molar-refractivity contribution in [3.05, 3.63) is 0 Å². The molecule has 0 bridgehead atoms. The molecule has 2 unspecified atom stereocenters. The summed E-state index contributed by atoms with van der Waals surface area (Å²) in [6.07, 6.45) is 2.71. The van der Waals surface area contributed by atoms with Gasteiger partial charge in [0.05, 0.1) is 22.9 Å². The minimum absolute atomic E-state index is 0.113. The lowest BCUT2D eigenvalue weighted by Crippen LogP contribution is -2.47. The molecule has 1 fully saturated rings. The van der Waals surface area contributed by atoms with Crippen LogP contribution in [0.2, 0.25) is 0 Å². The molecule has 19 heavy (non-hydrogen) atoms. The third-order valence-corrected chi connectivity index (χ3v) is 4.18. The van der Waals surface area contributed by atoms with E-state index in [1.807, 2.05) is 27.7 Å². The molecule has 0 spiro atoms. The fourth-order valence-electron chi connectivity index (χ4n) is 3.02. The fourth-order valence-corrected chi connectivity index (χ4v) is 3.02. The first-order chi connectivity index (χ1) is 8.29. The van der Waals surface area contributed by atoms with Crippen LogP contribution in [0.3, 0.4) is 0 Å². The van der Waals surface area contributed by atoms with Crippen LogP contribution >= 0.6 is 0 Å². The van der Waals surface area contributed by atoms with E-state index in [1.54, 1.807) is 0 Å². The van der Waals surface area contributed by atoms with Gasteiger partial charge in [0.1, 0.15) is 0 Å². The molecule has 2 atom stereocenters. The number of rotatable bonds is 3. The van der Waals surface area contributed by atoms with E-state index in [1.165, 1.54) is 0 Å². The molecule has 114 valence electrons. The lowest BCUT2D eigenvalue weighted by atomic mass is 9.68. The Kier molecular flexibility index (Phi) is 4.76. The Balaban J connectivity index is 2.84. The predicted molar refractivity (Wildman–Crippen MR) is 78.1 cm³/mol. The van der Waals surface area contributed by atoms with E-state index in [4.69, 9.17) is 4.74 Å². The SMILES string of the molecule is CC(C)(C)OC1CC(C(C)(C)O)CC(C(C)(C)O)C1. The molecule has 1 aliphatic rings. The van der Waals surface area contributed by atoms with Gasteiger partial charge in [-0.3, -0.25) is 0 Å². The molecule has 1 aliphatic carbocycles. The zero-order valence-electron chi connectivity index (χ0n) is 13.7. The normalized spacial score (nSPS) is 30.5. The molecule has 1 rings (SSSR count). The first kappa shape index (κ1) is 16.9. The van der Waals surface area contributed by atoms with Gasteiger partial charge in [-0.15, -0.1) is 0 Å². The molecule has 3 nitrogen and oxygen atoms in total. The van der Waals surface area contributed by atoms with Crippen LogP contribution in [0.5, 0.6) is 0 Å². The van der Waals surface area contributed by atoms with Gasteiger partial charge in [0.2, 0.25) is 0 Å². The van der Waals surface area contributed by atoms with E-state index in [0.717, 1.165) is 19.3 Å². The van der Waals surface area contributed by atoms with Crippen molar-refractivity contribution < 1.29 is 14.9 Å². The highest BCUT2D eigenvalue weighted by Gasteiger charge is 2.42. The average molecular weight is 272 g/mol. The maximum absolute atomic E-state index is 10.3. The van der Waals surface area contributed by atoms with Crippen molar-refractivity contribution >= 4 is 0 Å². The second kappa shape index (κ2) is 5.34. The molecule has 0 aliphatic heterocycles. The Bertz CT molecular complexity index is 269. The standard InChI is InChI=1S/C16H32O3/c1-14(2,3)19-13-9-11(15(4,5)17)8-12(10-13)16(6,7)18/h11-13,17-18H,8-10H2,1-7H3. The lowest BCUT2D eigenvalue weighted by molar-refractivity contribution is -0.138. The Morgan fingerprint density at radius 3 is 1.37 bits per heavy atom. The van der Waals surface area contributed by atoms with Crippen molar-refractivity contribution in [1.82, 2.24) is 0 Å². The highest BCUT2D eigenvalue weighted by Crippen LogP contribution is 2.42. The van der Waals surface area contributed by atoms with Crippen molar-refractivity contribution in [2.24, 2.45) is 11.8 Å². The van der Waals surface area contributed by atoms with Crippen LogP contribution < -0.4 is 0 Å². The Morgan fingerprint density at radius 1 is 0.737 bits per heavy atom. The van der Waals surface area contributed by atoms with Crippen molar-refractivity contribution in [3.8, 4) is 0 Å². The molecule has 0 saturated heterocycles. The molecule has 0 radical (unpaired) electrons. The van der Waals surface area contributed by atoms with Crippen molar-refractivity contribution in [2.75, 3.05) is 0 Å². The number of hydrogen-bond acceptors (Lipinski definition) is 3. The molecular formula is C16H32O3. The molecule has 0 aromatic carbocycles. The number of ether oxygens (including phenoxy) is 1. The summed E-state index contributed by atoms with van der Waals surface area (Å²) in [6, 6.07) is 0. The maximum Gasteiger partial charge on any atom is 0.0620 e. The second-order valence-electron chi connectivity index (χ2n) is 8.26. The van der Waals surface area contributed by atoms with Gasteiger partial charge in [-0.05, 0) is 79.6 Å². The van der Waals surface area contributed by atoms with E-state index in [-0.39, 0.29) is 23.5 Å². The lowest BCUT2D eigenvalue weighted by Gasteiger charge is -2.45. The minimum Gasteiger partial charge on any atom is -0.390 e. The molecule has 0 heterocycles. The van der Waals surface area contributed by atoms with Gasteiger partial charge in [0.15, 0.2) is 0 Å². The predicted octanol–water partition coefficient (Wildman–Crippen LogP) is 3.13. The summed E-state index contributed by atoms with van der Waals surface area (Å²) in [4.78, 5) is 0. The number of aliphatic hydroxyl groups is 2. The quantitative estimate of drug-likeness (QED) is 0.830. The molecule has 1 saturated carbocycles. The summed E-state index contributed by atoms with van der Waals surface area (Å²) < 4.78 is 6.11. The summed E-state index contributed by atoms with van der Waals surface area (Å²) >= 11 is 0. The molecular weight excluding hydrogens is 240 g/mol. The largest absolute Gasteiger partial charge is 0.390 e. The molecule has 0 amide bonds. The second-order valence-corrected chi connectivity index (χ2v) is 8.26.